The largest absolute Gasteiger partial charge is 0.379 e. The molecule has 34 heavy (non-hydrogen) atoms. The number of anilines is 3. The van der Waals surface area contributed by atoms with Gasteiger partial charge in [-0.3, -0.25) is 14.7 Å². The van der Waals surface area contributed by atoms with Crippen LogP contribution in [-0.2, 0) is 16.1 Å². The van der Waals surface area contributed by atoms with Gasteiger partial charge in [-0.1, -0.05) is 0 Å². The molecule has 11 heteroatoms. The summed E-state index contributed by atoms with van der Waals surface area (Å²) in [6.07, 6.45) is 4.95. The van der Waals surface area contributed by atoms with E-state index in [9.17, 15) is 10.1 Å². The highest BCUT2D eigenvalue weighted by Crippen LogP contribution is 2.23. The number of rotatable bonds is 8. The fourth-order valence-corrected chi connectivity index (χ4v) is 3.37. The lowest BCUT2D eigenvalue weighted by Crippen LogP contribution is -2.35. The first-order valence-corrected chi connectivity index (χ1v) is 10.8. The maximum absolute atomic E-state index is 11.3. The number of amides is 1. The molecule has 1 fully saturated rings. The number of pyridine rings is 2. The van der Waals surface area contributed by atoms with Gasteiger partial charge in [0.1, 0.15) is 17.9 Å². The predicted molar refractivity (Wildman–Crippen MR) is 126 cm³/mol. The number of hydrogen-bond acceptors (Lipinski definition) is 10. The van der Waals surface area contributed by atoms with Crippen molar-refractivity contribution in [1.29, 1.82) is 5.26 Å². The normalized spacial score (nSPS) is 14.7. The van der Waals surface area contributed by atoms with Gasteiger partial charge < -0.3 is 21.1 Å². The smallest absolute Gasteiger partial charge is 0.239 e. The van der Waals surface area contributed by atoms with Gasteiger partial charge in [-0.05, 0) is 31.2 Å². The number of carbonyl (C=O) groups excluding carboxylic acids is 1. The zero-order valence-electron chi connectivity index (χ0n) is 18.7. The van der Waals surface area contributed by atoms with Crippen LogP contribution in [0.2, 0.25) is 0 Å². The molecule has 3 aromatic heterocycles. The summed E-state index contributed by atoms with van der Waals surface area (Å²) >= 11 is 0. The van der Waals surface area contributed by atoms with E-state index in [2.05, 4.69) is 41.5 Å². The molecule has 1 unspecified atom stereocenters. The minimum atomic E-state index is -0.658. The molecule has 1 saturated heterocycles. The van der Waals surface area contributed by atoms with Crippen LogP contribution in [0, 0.1) is 11.3 Å². The Hall–Kier alpha value is -4.14. The second kappa shape index (κ2) is 10.7. The Labute approximate surface area is 197 Å². The van der Waals surface area contributed by atoms with E-state index >= 15 is 0 Å². The number of hydrogen-bond donors (Lipinski definition) is 3. The Balaban J connectivity index is 1.45. The number of nitriles is 1. The number of primary amides is 1. The van der Waals surface area contributed by atoms with Crippen LogP contribution in [0.5, 0.6) is 0 Å². The Morgan fingerprint density at radius 1 is 1.24 bits per heavy atom. The van der Waals surface area contributed by atoms with Gasteiger partial charge in [0, 0.05) is 37.6 Å². The predicted octanol–water partition coefficient (Wildman–Crippen LogP) is 1.67. The maximum Gasteiger partial charge on any atom is 0.239 e. The minimum absolute atomic E-state index is 0.277. The monoisotopic (exact) mass is 459 g/mol. The van der Waals surface area contributed by atoms with Gasteiger partial charge >= 0.3 is 0 Å². The molecular weight excluding hydrogens is 434 g/mol. The van der Waals surface area contributed by atoms with Gasteiger partial charge in [0.2, 0.25) is 11.9 Å². The minimum Gasteiger partial charge on any atom is -0.379 e. The van der Waals surface area contributed by atoms with Crippen molar-refractivity contribution in [3.8, 4) is 17.3 Å². The van der Waals surface area contributed by atoms with Gasteiger partial charge in [0.05, 0.1) is 42.0 Å². The average molecular weight is 460 g/mol. The van der Waals surface area contributed by atoms with Gasteiger partial charge in [-0.25, -0.2) is 15.0 Å². The Morgan fingerprint density at radius 2 is 2.06 bits per heavy atom. The number of ether oxygens (including phenoxy) is 1. The lowest BCUT2D eigenvalue weighted by Gasteiger charge is -2.26. The summed E-state index contributed by atoms with van der Waals surface area (Å²) in [7, 11) is 0. The van der Waals surface area contributed by atoms with Crippen LogP contribution in [0.15, 0.2) is 42.9 Å². The van der Waals surface area contributed by atoms with Crippen molar-refractivity contribution in [2.24, 2.45) is 5.73 Å². The van der Waals surface area contributed by atoms with Crippen LogP contribution in [0.3, 0.4) is 0 Å². The van der Waals surface area contributed by atoms with E-state index in [1.54, 1.807) is 37.6 Å². The van der Waals surface area contributed by atoms with Gasteiger partial charge in [-0.2, -0.15) is 5.26 Å². The van der Waals surface area contributed by atoms with Crippen molar-refractivity contribution in [3.63, 3.8) is 0 Å². The molecule has 0 aromatic carbocycles. The van der Waals surface area contributed by atoms with Crippen LogP contribution < -0.4 is 16.4 Å². The summed E-state index contributed by atoms with van der Waals surface area (Å²) in [6.45, 7) is 5.71. The quantitative estimate of drug-likeness (QED) is 0.453. The van der Waals surface area contributed by atoms with Crippen molar-refractivity contribution in [2.45, 2.75) is 19.5 Å². The molecule has 0 bridgehead atoms. The Kier molecular flexibility index (Phi) is 7.22. The molecule has 174 valence electrons. The lowest BCUT2D eigenvalue weighted by molar-refractivity contribution is -0.118. The van der Waals surface area contributed by atoms with E-state index in [1.807, 2.05) is 12.1 Å². The van der Waals surface area contributed by atoms with Crippen molar-refractivity contribution in [1.82, 2.24) is 24.8 Å². The van der Waals surface area contributed by atoms with Crippen molar-refractivity contribution < 1.29 is 9.53 Å². The SMILES string of the molecule is CC(Nc1ncc(-c2ccnc(Nc3ccc(CN4CCOCC4)nc3)n2)cc1C#N)C(N)=O. The first-order valence-electron chi connectivity index (χ1n) is 10.8. The third kappa shape index (κ3) is 5.80. The van der Waals surface area contributed by atoms with Crippen LogP contribution in [0.25, 0.3) is 11.3 Å². The molecule has 0 radical (unpaired) electrons. The first kappa shape index (κ1) is 23.0. The number of aromatic nitrogens is 4. The summed E-state index contributed by atoms with van der Waals surface area (Å²) in [4.78, 5) is 31.2. The maximum atomic E-state index is 11.3. The van der Waals surface area contributed by atoms with Gasteiger partial charge in [0.25, 0.3) is 0 Å². The number of morpholine rings is 1. The molecule has 11 nitrogen and oxygen atoms in total. The number of carbonyl (C=O) groups is 1. The third-order valence-corrected chi connectivity index (χ3v) is 5.31. The molecule has 4 N–H and O–H groups in total. The molecule has 0 saturated carbocycles. The molecule has 1 amide bonds. The Morgan fingerprint density at radius 3 is 2.76 bits per heavy atom. The molecule has 0 spiro atoms. The summed E-state index contributed by atoms with van der Waals surface area (Å²) in [5, 5.41) is 15.5. The van der Waals surface area contributed by atoms with Gasteiger partial charge in [-0.15, -0.1) is 0 Å². The highest BCUT2D eigenvalue weighted by atomic mass is 16.5. The van der Waals surface area contributed by atoms with E-state index in [4.69, 9.17) is 10.5 Å². The second-order valence-electron chi connectivity index (χ2n) is 7.82. The van der Waals surface area contributed by atoms with Crippen molar-refractivity contribution in [3.05, 3.63) is 54.1 Å². The number of nitrogens with two attached hydrogens (primary N) is 1. The average Bonchev–Trinajstić information content (AvgIpc) is 2.86. The third-order valence-electron chi connectivity index (χ3n) is 5.31. The molecule has 4 heterocycles. The number of nitrogens with zero attached hydrogens (tertiary/aromatic N) is 6. The zero-order chi connectivity index (χ0) is 23.9. The van der Waals surface area contributed by atoms with E-state index in [-0.39, 0.29) is 11.4 Å². The molecule has 0 aliphatic carbocycles. The van der Waals surface area contributed by atoms with E-state index in [0.717, 1.165) is 44.2 Å². The second-order valence-corrected chi connectivity index (χ2v) is 7.82. The van der Waals surface area contributed by atoms with Crippen molar-refractivity contribution >= 4 is 23.4 Å². The first-order chi connectivity index (χ1) is 16.5. The highest BCUT2D eigenvalue weighted by Gasteiger charge is 2.14. The van der Waals surface area contributed by atoms with E-state index < -0.39 is 11.9 Å². The molecular formula is C23H25N9O2. The molecule has 1 atom stereocenters. The zero-order valence-corrected chi connectivity index (χ0v) is 18.7. The lowest BCUT2D eigenvalue weighted by atomic mass is 10.1. The molecule has 1 aliphatic heterocycles. The van der Waals surface area contributed by atoms with Gasteiger partial charge in [0.15, 0.2) is 0 Å². The molecule has 4 rings (SSSR count). The van der Waals surface area contributed by atoms with Crippen LogP contribution in [-0.4, -0.2) is 63.1 Å². The standard InChI is InChI=1S/C23H25N9O2/c1-15(21(25)33)29-22-16(11-24)10-17(12-28-22)20-4-5-26-23(31-20)30-18-2-3-19(27-13-18)14-32-6-8-34-9-7-32/h2-5,10,12-13,15H,6-9,14H2,1H3,(H2,25,33)(H,28,29)(H,26,30,31). The summed E-state index contributed by atoms with van der Waals surface area (Å²) in [6, 6.07) is 8.72. The van der Waals surface area contributed by atoms with Crippen molar-refractivity contribution in [2.75, 3.05) is 36.9 Å². The molecule has 1 aliphatic rings. The van der Waals surface area contributed by atoms with Crippen LogP contribution >= 0.6 is 0 Å². The van der Waals surface area contributed by atoms with Crippen LogP contribution in [0.4, 0.5) is 17.5 Å². The molecule has 3 aromatic rings. The van der Waals surface area contributed by atoms with E-state index in [1.165, 1.54) is 0 Å². The highest BCUT2D eigenvalue weighted by molar-refractivity contribution is 5.82. The summed E-state index contributed by atoms with van der Waals surface area (Å²) in [5.41, 5.74) is 8.53. The Bertz CT molecular complexity index is 1190. The topological polar surface area (TPSA) is 155 Å². The summed E-state index contributed by atoms with van der Waals surface area (Å²) in [5.74, 6) is 0.140. The summed E-state index contributed by atoms with van der Waals surface area (Å²) < 4.78 is 5.38. The number of nitrogens with one attached hydrogen (secondary N) is 2. The van der Waals surface area contributed by atoms with E-state index in [0.29, 0.717) is 17.2 Å². The van der Waals surface area contributed by atoms with Crippen LogP contribution in [0.1, 0.15) is 18.2 Å². The fourth-order valence-electron chi connectivity index (χ4n) is 3.37. The fraction of sp³-hybridized carbons (Fsp3) is 0.304.